The van der Waals surface area contributed by atoms with E-state index in [9.17, 15) is 23.1 Å². The lowest BCUT2D eigenvalue weighted by atomic mass is 9.75. The van der Waals surface area contributed by atoms with Crippen LogP contribution < -0.4 is 9.47 Å². The fraction of sp³-hybridized carbons (Fsp3) is 0.441. The Hall–Kier alpha value is -3.55. The van der Waals surface area contributed by atoms with Gasteiger partial charge in [-0.3, -0.25) is 4.79 Å². The Morgan fingerprint density at radius 2 is 1.74 bits per heavy atom. The maximum absolute atomic E-state index is 15.2. The monoisotopic (exact) mass is 584 g/mol. The van der Waals surface area contributed by atoms with Crippen molar-refractivity contribution in [2.24, 2.45) is 11.3 Å². The molecule has 0 aliphatic heterocycles. The number of carboxylic acids is 1. The van der Waals surface area contributed by atoms with Crippen molar-refractivity contribution in [1.82, 2.24) is 0 Å². The standard InChI is InChI=1S/C34H36F4O4/c1-33(2)14-4-7-30(33)28-15-21(8-12-26(28)29-17-25(11-13-31(29)35)42-20-34(36,37)38)19-41-24-6-3-5-23(16-24)27(18-32(39)40)22-9-10-22/h3,5-6,8,11-13,15-17,22,27,30H,4,7,9-10,14,18-20H2,1-2H3,(H,39,40)/t27-,30+/m0/s1. The van der Waals surface area contributed by atoms with Gasteiger partial charge in [0, 0.05) is 5.56 Å². The quantitative estimate of drug-likeness (QED) is 0.228. The lowest BCUT2D eigenvalue weighted by Crippen LogP contribution is -2.19. The molecule has 224 valence electrons. The van der Waals surface area contributed by atoms with Gasteiger partial charge in [0.1, 0.15) is 23.9 Å². The van der Waals surface area contributed by atoms with Crippen molar-refractivity contribution in [2.75, 3.05) is 6.61 Å². The van der Waals surface area contributed by atoms with Crippen LogP contribution >= 0.6 is 0 Å². The van der Waals surface area contributed by atoms with E-state index in [1.54, 1.807) is 0 Å². The Kier molecular flexibility index (Phi) is 8.53. The third-order valence-electron chi connectivity index (χ3n) is 8.66. The molecule has 0 saturated heterocycles. The minimum atomic E-state index is -4.50. The molecule has 2 atom stereocenters. The van der Waals surface area contributed by atoms with Crippen molar-refractivity contribution in [3.05, 3.63) is 83.2 Å². The van der Waals surface area contributed by atoms with E-state index < -0.39 is 24.6 Å². The molecule has 2 saturated carbocycles. The molecule has 2 aliphatic carbocycles. The highest BCUT2D eigenvalue weighted by Crippen LogP contribution is 2.51. The predicted molar refractivity (Wildman–Crippen MR) is 152 cm³/mol. The molecule has 0 heterocycles. The van der Waals surface area contributed by atoms with Gasteiger partial charge < -0.3 is 14.6 Å². The second kappa shape index (κ2) is 12.0. The Balaban J connectivity index is 1.42. The first-order chi connectivity index (χ1) is 19.9. The first-order valence-corrected chi connectivity index (χ1v) is 14.5. The molecule has 0 spiro atoms. The zero-order valence-corrected chi connectivity index (χ0v) is 23.8. The highest BCUT2D eigenvalue weighted by molar-refractivity contribution is 5.71. The first kappa shape index (κ1) is 29.9. The van der Waals surface area contributed by atoms with Gasteiger partial charge in [0.15, 0.2) is 6.61 Å². The summed E-state index contributed by atoms with van der Waals surface area (Å²) in [6.07, 6.45) is 0.630. The summed E-state index contributed by atoms with van der Waals surface area (Å²) in [7, 11) is 0. The molecule has 5 rings (SSSR count). The summed E-state index contributed by atoms with van der Waals surface area (Å²) in [6.45, 7) is 3.19. The van der Waals surface area contributed by atoms with Gasteiger partial charge in [-0.25, -0.2) is 4.39 Å². The number of alkyl halides is 3. The number of carbonyl (C=O) groups is 1. The number of benzene rings is 3. The zero-order valence-electron chi connectivity index (χ0n) is 23.8. The molecule has 4 nitrogen and oxygen atoms in total. The van der Waals surface area contributed by atoms with Crippen LogP contribution in [0.2, 0.25) is 0 Å². The summed E-state index contributed by atoms with van der Waals surface area (Å²) < 4.78 is 64.5. The fourth-order valence-electron chi connectivity index (χ4n) is 6.35. The minimum absolute atomic E-state index is 0.0349. The van der Waals surface area contributed by atoms with Crippen LogP contribution in [-0.2, 0) is 11.4 Å². The number of rotatable bonds is 11. The van der Waals surface area contributed by atoms with Crippen LogP contribution in [0.4, 0.5) is 17.6 Å². The molecule has 0 unspecified atom stereocenters. The molecule has 1 N–H and O–H groups in total. The normalized spacial score (nSPS) is 19.0. The Labute approximate surface area is 243 Å². The predicted octanol–water partition coefficient (Wildman–Crippen LogP) is 9.27. The van der Waals surface area contributed by atoms with E-state index in [1.807, 2.05) is 42.5 Å². The molecule has 2 aliphatic rings. The van der Waals surface area contributed by atoms with E-state index in [1.165, 1.54) is 12.1 Å². The first-order valence-electron chi connectivity index (χ1n) is 14.5. The summed E-state index contributed by atoms with van der Waals surface area (Å²) in [5, 5.41) is 9.39. The van der Waals surface area contributed by atoms with E-state index in [0.717, 1.165) is 54.9 Å². The molecule has 3 aromatic carbocycles. The summed E-state index contributed by atoms with van der Waals surface area (Å²) >= 11 is 0. The molecule has 0 bridgehead atoms. The molecule has 42 heavy (non-hydrogen) atoms. The van der Waals surface area contributed by atoms with E-state index in [-0.39, 0.29) is 41.6 Å². The summed E-state index contributed by atoms with van der Waals surface area (Å²) in [5.74, 6) is -0.249. The average Bonchev–Trinajstić information content (AvgIpc) is 3.71. The van der Waals surface area contributed by atoms with Crippen LogP contribution in [-0.4, -0.2) is 23.9 Å². The van der Waals surface area contributed by atoms with Crippen LogP contribution in [0.25, 0.3) is 11.1 Å². The molecule has 8 heteroatoms. The van der Waals surface area contributed by atoms with E-state index in [4.69, 9.17) is 9.47 Å². The summed E-state index contributed by atoms with van der Waals surface area (Å²) in [6, 6.07) is 17.0. The Morgan fingerprint density at radius 1 is 0.976 bits per heavy atom. The number of halogens is 4. The largest absolute Gasteiger partial charge is 0.489 e. The van der Waals surface area contributed by atoms with E-state index >= 15 is 4.39 Å². The van der Waals surface area contributed by atoms with E-state index in [0.29, 0.717) is 17.2 Å². The number of aliphatic carboxylic acids is 1. The van der Waals surface area contributed by atoms with Gasteiger partial charge in [0.2, 0.25) is 0 Å². The van der Waals surface area contributed by atoms with Crippen molar-refractivity contribution in [3.63, 3.8) is 0 Å². The van der Waals surface area contributed by atoms with Crippen LogP contribution in [0.15, 0.2) is 60.7 Å². The number of ether oxygens (including phenoxy) is 2. The maximum Gasteiger partial charge on any atom is 0.422 e. The van der Waals surface area contributed by atoms with Crippen LogP contribution in [0, 0.1) is 17.2 Å². The SMILES string of the molecule is CC1(C)CCC[C@@H]1c1cc(COc2cccc([C@@H](CC(=O)O)C3CC3)c2)ccc1-c1cc(OCC(F)(F)F)ccc1F. The lowest BCUT2D eigenvalue weighted by Gasteiger charge is -2.30. The van der Waals surface area contributed by atoms with Crippen LogP contribution in [0.3, 0.4) is 0 Å². The van der Waals surface area contributed by atoms with Crippen molar-refractivity contribution >= 4 is 5.97 Å². The highest BCUT2D eigenvalue weighted by atomic mass is 19.4. The van der Waals surface area contributed by atoms with Crippen molar-refractivity contribution in [1.29, 1.82) is 0 Å². The van der Waals surface area contributed by atoms with Gasteiger partial charge in [-0.2, -0.15) is 13.2 Å². The molecular formula is C34H36F4O4. The zero-order chi connectivity index (χ0) is 30.1. The summed E-state index contributed by atoms with van der Waals surface area (Å²) in [5.41, 5.74) is 3.59. The van der Waals surface area contributed by atoms with Gasteiger partial charge in [-0.1, -0.05) is 50.6 Å². The van der Waals surface area contributed by atoms with Gasteiger partial charge in [0.25, 0.3) is 0 Å². The molecule has 0 aromatic heterocycles. The second-order valence-corrected chi connectivity index (χ2v) is 12.3. The topological polar surface area (TPSA) is 55.8 Å². The van der Waals surface area contributed by atoms with Gasteiger partial charge in [-0.05, 0) is 101 Å². The van der Waals surface area contributed by atoms with E-state index in [2.05, 4.69) is 13.8 Å². The van der Waals surface area contributed by atoms with Crippen molar-refractivity contribution in [2.45, 2.75) is 77.0 Å². The molecule has 2 fully saturated rings. The third-order valence-corrected chi connectivity index (χ3v) is 8.66. The Bertz CT molecular complexity index is 1430. The van der Waals surface area contributed by atoms with Gasteiger partial charge in [0.05, 0.1) is 6.42 Å². The molecule has 3 aromatic rings. The van der Waals surface area contributed by atoms with Crippen LogP contribution in [0.5, 0.6) is 11.5 Å². The number of carboxylic acid groups (broad SMARTS) is 1. The minimum Gasteiger partial charge on any atom is -0.489 e. The average molecular weight is 585 g/mol. The van der Waals surface area contributed by atoms with Gasteiger partial charge in [-0.15, -0.1) is 0 Å². The van der Waals surface area contributed by atoms with Crippen LogP contribution in [0.1, 0.15) is 80.9 Å². The fourth-order valence-corrected chi connectivity index (χ4v) is 6.35. The third kappa shape index (κ3) is 7.26. The van der Waals surface area contributed by atoms with Gasteiger partial charge >= 0.3 is 12.1 Å². The molecule has 0 amide bonds. The molecular weight excluding hydrogens is 548 g/mol. The highest BCUT2D eigenvalue weighted by Gasteiger charge is 2.37. The smallest absolute Gasteiger partial charge is 0.422 e. The molecule has 0 radical (unpaired) electrons. The number of hydrogen-bond donors (Lipinski definition) is 1. The summed E-state index contributed by atoms with van der Waals surface area (Å²) in [4.78, 5) is 11.4. The van der Waals surface area contributed by atoms with Crippen molar-refractivity contribution < 1.29 is 36.9 Å². The second-order valence-electron chi connectivity index (χ2n) is 12.3. The number of hydrogen-bond acceptors (Lipinski definition) is 3. The maximum atomic E-state index is 15.2. The van der Waals surface area contributed by atoms with Crippen molar-refractivity contribution in [3.8, 4) is 22.6 Å². The lowest BCUT2D eigenvalue weighted by molar-refractivity contribution is -0.153. The Morgan fingerprint density at radius 3 is 2.40 bits per heavy atom.